The molecule has 0 saturated carbocycles. The van der Waals surface area contributed by atoms with Gasteiger partial charge in [0.05, 0.1) is 5.56 Å². The second-order valence-corrected chi connectivity index (χ2v) is 4.44. The van der Waals surface area contributed by atoms with Gasteiger partial charge in [-0.05, 0) is 38.1 Å². The largest absolute Gasteiger partial charge is 0.416 e. The fourth-order valence-electron chi connectivity index (χ4n) is 1.67. The van der Waals surface area contributed by atoms with Crippen LogP contribution in [-0.2, 0) is 17.4 Å². The van der Waals surface area contributed by atoms with Crippen LogP contribution in [0, 0.1) is 0 Å². The lowest BCUT2D eigenvalue weighted by atomic mass is 10.0. The smallest absolute Gasteiger partial charge is 0.326 e. The van der Waals surface area contributed by atoms with Gasteiger partial charge in [-0.3, -0.25) is 4.79 Å². The van der Waals surface area contributed by atoms with Crippen molar-refractivity contribution in [2.24, 2.45) is 0 Å². The SMILES string of the molecule is CNC(C)Cc1ccc(C(F)(F)F)cc1NC(C)=O. The summed E-state index contributed by atoms with van der Waals surface area (Å²) in [6.45, 7) is 3.18. The van der Waals surface area contributed by atoms with E-state index >= 15 is 0 Å². The summed E-state index contributed by atoms with van der Waals surface area (Å²) < 4.78 is 37.9. The molecule has 0 radical (unpaired) electrons. The molecule has 1 rings (SSSR count). The Hall–Kier alpha value is -1.56. The molecule has 1 amide bonds. The van der Waals surface area contributed by atoms with Crippen LogP contribution in [0.4, 0.5) is 18.9 Å². The minimum atomic E-state index is -4.42. The van der Waals surface area contributed by atoms with Gasteiger partial charge in [-0.25, -0.2) is 0 Å². The highest BCUT2D eigenvalue weighted by molar-refractivity contribution is 5.89. The summed E-state index contributed by atoms with van der Waals surface area (Å²) in [6.07, 6.45) is -3.88. The van der Waals surface area contributed by atoms with Gasteiger partial charge in [0.1, 0.15) is 0 Å². The molecule has 0 heterocycles. The summed E-state index contributed by atoms with van der Waals surface area (Å²) in [7, 11) is 1.77. The number of carbonyl (C=O) groups is 1. The minimum absolute atomic E-state index is 0.101. The maximum Gasteiger partial charge on any atom is 0.416 e. The quantitative estimate of drug-likeness (QED) is 0.886. The number of carbonyl (C=O) groups excluding carboxylic acids is 1. The topological polar surface area (TPSA) is 41.1 Å². The van der Waals surface area contributed by atoms with E-state index in [9.17, 15) is 18.0 Å². The van der Waals surface area contributed by atoms with E-state index in [1.807, 2.05) is 6.92 Å². The van der Waals surface area contributed by atoms with E-state index < -0.39 is 17.6 Å². The second kappa shape index (κ2) is 6.06. The van der Waals surface area contributed by atoms with Crippen molar-refractivity contribution in [3.8, 4) is 0 Å². The summed E-state index contributed by atoms with van der Waals surface area (Å²) in [6, 6.07) is 3.51. The molecule has 2 N–H and O–H groups in total. The van der Waals surface area contributed by atoms with Crippen LogP contribution in [-0.4, -0.2) is 19.0 Å². The Labute approximate surface area is 110 Å². The number of hydrogen-bond acceptors (Lipinski definition) is 2. The van der Waals surface area contributed by atoms with Gasteiger partial charge < -0.3 is 10.6 Å². The fourth-order valence-corrected chi connectivity index (χ4v) is 1.67. The number of likely N-dealkylation sites (N-methyl/N-ethyl adjacent to an activating group) is 1. The third-order valence-corrected chi connectivity index (χ3v) is 2.77. The van der Waals surface area contributed by atoms with E-state index in [1.54, 1.807) is 7.05 Å². The molecule has 0 bridgehead atoms. The van der Waals surface area contributed by atoms with Crippen LogP contribution in [0.25, 0.3) is 0 Å². The Morgan fingerprint density at radius 2 is 2.00 bits per heavy atom. The number of benzene rings is 1. The molecule has 0 aliphatic heterocycles. The first kappa shape index (κ1) is 15.5. The average Bonchev–Trinajstić information content (AvgIpc) is 2.29. The van der Waals surface area contributed by atoms with Crippen LogP contribution >= 0.6 is 0 Å². The van der Waals surface area contributed by atoms with Crippen LogP contribution in [0.3, 0.4) is 0 Å². The molecule has 6 heteroatoms. The molecule has 1 aromatic carbocycles. The lowest BCUT2D eigenvalue weighted by Crippen LogP contribution is -2.24. The highest BCUT2D eigenvalue weighted by atomic mass is 19.4. The molecule has 1 unspecified atom stereocenters. The molecule has 0 aromatic heterocycles. The second-order valence-electron chi connectivity index (χ2n) is 4.44. The van der Waals surface area contributed by atoms with E-state index in [1.165, 1.54) is 13.0 Å². The average molecular weight is 274 g/mol. The van der Waals surface area contributed by atoms with Crippen LogP contribution < -0.4 is 10.6 Å². The van der Waals surface area contributed by atoms with E-state index in [2.05, 4.69) is 10.6 Å². The molecule has 0 aliphatic rings. The predicted octanol–water partition coefficient (Wildman–Crippen LogP) is 2.81. The van der Waals surface area contributed by atoms with Crippen LogP contribution in [0.2, 0.25) is 0 Å². The molecule has 0 fully saturated rings. The number of hydrogen-bond donors (Lipinski definition) is 2. The predicted molar refractivity (Wildman–Crippen MR) is 68.0 cm³/mol. The molecule has 106 valence electrons. The summed E-state index contributed by atoms with van der Waals surface area (Å²) in [4.78, 5) is 11.1. The van der Waals surface area contributed by atoms with Crippen molar-refractivity contribution >= 4 is 11.6 Å². The highest BCUT2D eigenvalue weighted by Gasteiger charge is 2.31. The fraction of sp³-hybridized carbons (Fsp3) is 0.462. The third kappa shape index (κ3) is 4.55. The van der Waals surface area contributed by atoms with E-state index in [-0.39, 0.29) is 11.7 Å². The Bertz CT molecular complexity index is 458. The first-order valence-corrected chi connectivity index (χ1v) is 5.89. The van der Waals surface area contributed by atoms with E-state index in [4.69, 9.17) is 0 Å². The lowest BCUT2D eigenvalue weighted by Gasteiger charge is -2.16. The Balaban J connectivity index is 3.13. The van der Waals surface area contributed by atoms with Gasteiger partial charge in [-0.15, -0.1) is 0 Å². The number of alkyl halides is 3. The lowest BCUT2D eigenvalue weighted by molar-refractivity contribution is -0.137. The molecule has 0 saturated heterocycles. The van der Waals surface area contributed by atoms with Crippen LogP contribution in [0.15, 0.2) is 18.2 Å². The zero-order valence-electron chi connectivity index (χ0n) is 11.1. The van der Waals surface area contributed by atoms with Crippen molar-refractivity contribution in [1.82, 2.24) is 5.32 Å². The first-order valence-electron chi connectivity index (χ1n) is 5.89. The van der Waals surface area contributed by atoms with Gasteiger partial charge in [0, 0.05) is 18.7 Å². The zero-order valence-corrected chi connectivity index (χ0v) is 11.1. The number of nitrogens with one attached hydrogen (secondary N) is 2. The molecule has 1 aromatic rings. The van der Waals surface area contributed by atoms with Crippen molar-refractivity contribution in [3.05, 3.63) is 29.3 Å². The van der Waals surface area contributed by atoms with Gasteiger partial charge in [0.2, 0.25) is 5.91 Å². The number of anilines is 1. The van der Waals surface area contributed by atoms with Crippen LogP contribution in [0.1, 0.15) is 25.0 Å². The third-order valence-electron chi connectivity index (χ3n) is 2.77. The number of amides is 1. The van der Waals surface area contributed by atoms with Gasteiger partial charge in [0.15, 0.2) is 0 Å². The molecular weight excluding hydrogens is 257 g/mol. The van der Waals surface area contributed by atoms with Gasteiger partial charge in [-0.1, -0.05) is 6.07 Å². The van der Waals surface area contributed by atoms with Crippen molar-refractivity contribution in [1.29, 1.82) is 0 Å². The molecular formula is C13H17F3N2O. The van der Waals surface area contributed by atoms with E-state index in [0.717, 1.165) is 12.1 Å². The van der Waals surface area contributed by atoms with Crippen molar-refractivity contribution in [3.63, 3.8) is 0 Å². The standard InChI is InChI=1S/C13H17F3N2O/c1-8(17-3)6-10-4-5-11(13(14,15)16)7-12(10)18-9(2)19/h4-5,7-8,17H,6H2,1-3H3,(H,18,19). The number of rotatable bonds is 4. The van der Waals surface area contributed by atoms with Gasteiger partial charge in [-0.2, -0.15) is 13.2 Å². The van der Waals surface area contributed by atoms with Gasteiger partial charge >= 0.3 is 6.18 Å². The Morgan fingerprint density at radius 3 is 2.47 bits per heavy atom. The molecule has 1 atom stereocenters. The summed E-state index contributed by atoms with van der Waals surface area (Å²) >= 11 is 0. The first-order chi connectivity index (χ1) is 8.74. The summed E-state index contributed by atoms with van der Waals surface area (Å²) in [5, 5.41) is 5.45. The summed E-state index contributed by atoms with van der Waals surface area (Å²) in [5.74, 6) is -0.391. The Kier molecular flexibility index (Phi) is 4.94. The van der Waals surface area contributed by atoms with Crippen molar-refractivity contribution in [2.75, 3.05) is 12.4 Å². The van der Waals surface area contributed by atoms with E-state index in [0.29, 0.717) is 12.0 Å². The molecule has 3 nitrogen and oxygen atoms in total. The Morgan fingerprint density at radius 1 is 1.37 bits per heavy atom. The van der Waals surface area contributed by atoms with Crippen molar-refractivity contribution < 1.29 is 18.0 Å². The molecule has 0 spiro atoms. The maximum absolute atomic E-state index is 12.6. The summed E-state index contributed by atoms with van der Waals surface area (Å²) in [5.41, 5.74) is 0.117. The van der Waals surface area contributed by atoms with Crippen molar-refractivity contribution in [2.45, 2.75) is 32.5 Å². The number of halogens is 3. The normalized spacial score (nSPS) is 13.2. The maximum atomic E-state index is 12.6. The zero-order chi connectivity index (χ0) is 14.6. The van der Waals surface area contributed by atoms with Crippen LogP contribution in [0.5, 0.6) is 0 Å². The highest BCUT2D eigenvalue weighted by Crippen LogP contribution is 2.32. The van der Waals surface area contributed by atoms with Gasteiger partial charge in [0.25, 0.3) is 0 Å². The minimum Gasteiger partial charge on any atom is -0.326 e. The molecule has 0 aliphatic carbocycles. The monoisotopic (exact) mass is 274 g/mol. The molecule has 19 heavy (non-hydrogen) atoms.